The molecule has 4 nitrogen and oxygen atoms in total. The van der Waals surface area contributed by atoms with Crippen molar-refractivity contribution in [2.24, 2.45) is 4.99 Å². The Balaban J connectivity index is 0.000000219. The molecular formula is C36H44Cl3N2O2PS2. The van der Waals surface area contributed by atoms with Gasteiger partial charge in [0.25, 0.3) is 5.91 Å². The maximum atomic E-state index is 12.1. The molecule has 2 aromatic heterocycles. The minimum Gasteiger partial charge on any atom is -0.352 e. The summed E-state index contributed by atoms with van der Waals surface area (Å²) in [6, 6.07) is 23.4. The summed E-state index contributed by atoms with van der Waals surface area (Å²) in [4.78, 5) is 22.4. The van der Waals surface area contributed by atoms with E-state index in [4.69, 9.17) is 4.99 Å². The lowest BCUT2D eigenvalue weighted by Gasteiger charge is -2.20. The van der Waals surface area contributed by atoms with Crippen molar-refractivity contribution in [2.45, 2.75) is 79.1 Å². The van der Waals surface area contributed by atoms with Crippen molar-refractivity contribution in [2.75, 3.05) is 13.1 Å². The van der Waals surface area contributed by atoms with E-state index in [0.29, 0.717) is 6.54 Å². The third-order valence-corrected chi connectivity index (χ3v) is 9.46. The number of carbonyl (C=O) groups is 1. The first kappa shape index (κ1) is 38.5. The van der Waals surface area contributed by atoms with Gasteiger partial charge in [0.2, 0.25) is 0 Å². The number of rotatable bonds is 5. The van der Waals surface area contributed by atoms with Crippen LogP contribution in [0.1, 0.15) is 93.7 Å². The number of aryl methyl sites for hydroxylation is 2. The number of aliphatic imine (C=N–C) groups is 1. The van der Waals surface area contributed by atoms with Gasteiger partial charge in [-0.3, -0.25) is 14.4 Å². The molecule has 1 amide bonds. The van der Waals surface area contributed by atoms with Gasteiger partial charge in [-0.15, -0.1) is 22.7 Å². The Morgan fingerprint density at radius 2 is 1.37 bits per heavy atom. The third kappa shape index (κ3) is 12.6. The van der Waals surface area contributed by atoms with Crippen molar-refractivity contribution in [1.82, 2.24) is 5.32 Å². The van der Waals surface area contributed by atoms with Gasteiger partial charge in [0.1, 0.15) is 0 Å². The molecule has 248 valence electrons. The van der Waals surface area contributed by atoms with Crippen molar-refractivity contribution < 1.29 is 9.36 Å². The smallest absolute Gasteiger partial charge is 0.339 e. The zero-order valence-corrected chi connectivity index (χ0v) is 32.6. The Hall–Kier alpha value is -1.92. The third-order valence-electron chi connectivity index (χ3n) is 7.29. The van der Waals surface area contributed by atoms with Crippen LogP contribution in [0.25, 0.3) is 0 Å². The molecule has 0 bridgehead atoms. The molecule has 5 rings (SSSR count). The number of fused-ring (bicyclic) bond motifs is 1. The summed E-state index contributed by atoms with van der Waals surface area (Å²) >= 11 is 17.6. The molecule has 0 saturated heterocycles. The number of carbonyl (C=O) groups excluding carboxylic acids is 1. The topological polar surface area (TPSA) is 58.5 Å². The molecule has 0 spiro atoms. The van der Waals surface area contributed by atoms with Gasteiger partial charge in [0.15, 0.2) is 0 Å². The minimum absolute atomic E-state index is 0.00346. The van der Waals surface area contributed by atoms with E-state index >= 15 is 0 Å². The van der Waals surface area contributed by atoms with Gasteiger partial charge in [-0.25, -0.2) is 0 Å². The number of nitrogens with one attached hydrogen (secondary N) is 1. The standard InChI is InChI=1S/C18H23NOS.C18H21NS.Cl3OP/c1-13-5-10-16(21-13)11-12-19-17(20)14-6-8-15(9-7-14)18(2,3)4;1-12-11-15-16(20-12)9-10-19-17(15)13-5-7-14(8-6-13)18(2,3)4;1-5(2,3)4/h5-10H,11-12H2,1-4H3,(H,19,20);5-8,11H,9-10H2,1-4H3;. The number of amides is 1. The van der Waals surface area contributed by atoms with E-state index in [0.717, 1.165) is 24.9 Å². The number of benzene rings is 2. The molecule has 46 heavy (non-hydrogen) atoms. The van der Waals surface area contributed by atoms with Crippen LogP contribution in [0.2, 0.25) is 0 Å². The molecule has 1 N–H and O–H groups in total. The Bertz CT molecular complexity index is 1670. The second-order valence-corrected chi connectivity index (χ2v) is 22.6. The molecule has 0 radical (unpaired) electrons. The van der Waals surface area contributed by atoms with Crippen LogP contribution in [0, 0.1) is 13.8 Å². The molecule has 0 atom stereocenters. The van der Waals surface area contributed by atoms with Gasteiger partial charge >= 0.3 is 5.20 Å². The summed E-state index contributed by atoms with van der Waals surface area (Å²) in [5, 5.41) is -0.240. The highest BCUT2D eigenvalue weighted by atomic mass is 36.0. The number of nitrogens with zero attached hydrogens (tertiary/aromatic N) is 1. The predicted octanol–water partition coefficient (Wildman–Crippen LogP) is 11.9. The van der Waals surface area contributed by atoms with Crippen LogP contribution in [-0.2, 0) is 28.2 Å². The van der Waals surface area contributed by atoms with Crippen molar-refractivity contribution in [3.05, 3.63) is 114 Å². The Labute approximate surface area is 297 Å². The van der Waals surface area contributed by atoms with Crippen molar-refractivity contribution in [3.8, 4) is 0 Å². The fourth-order valence-corrected chi connectivity index (χ4v) is 6.73. The fourth-order valence-electron chi connectivity index (χ4n) is 4.82. The van der Waals surface area contributed by atoms with Gasteiger partial charge < -0.3 is 5.32 Å². The van der Waals surface area contributed by atoms with Crippen molar-refractivity contribution in [1.29, 1.82) is 0 Å². The normalized spacial score (nSPS) is 13.0. The van der Waals surface area contributed by atoms with Crippen LogP contribution in [0.3, 0.4) is 0 Å². The second kappa shape index (κ2) is 16.5. The maximum Gasteiger partial charge on any atom is 0.339 e. The second-order valence-electron chi connectivity index (χ2n) is 13.2. The van der Waals surface area contributed by atoms with E-state index in [-0.39, 0.29) is 16.7 Å². The van der Waals surface area contributed by atoms with Gasteiger partial charge in [-0.1, -0.05) is 77.9 Å². The van der Waals surface area contributed by atoms with E-state index < -0.39 is 5.20 Å². The maximum absolute atomic E-state index is 12.1. The molecule has 4 aromatic rings. The lowest BCUT2D eigenvalue weighted by atomic mass is 9.86. The Morgan fingerprint density at radius 1 is 0.826 bits per heavy atom. The lowest BCUT2D eigenvalue weighted by molar-refractivity contribution is 0.0954. The van der Waals surface area contributed by atoms with Crippen LogP contribution >= 0.6 is 61.6 Å². The predicted molar refractivity (Wildman–Crippen MR) is 204 cm³/mol. The zero-order chi connectivity index (χ0) is 34.3. The summed E-state index contributed by atoms with van der Waals surface area (Å²) in [7, 11) is 0. The number of hydrogen-bond acceptors (Lipinski definition) is 5. The molecule has 3 heterocycles. The van der Waals surface area contributed by atoms with Crippen LogP contribution in [0.15, 0.2) is 71.7 Å². The van der Waals surface area contributed by atoms with E-state index in [1.54, 1.807) is 11.3 Å². The van der Waals surface area contributed by atoms with E-state index in [1.165, 1.54) is 47.5 Å². The average molecular weight is 738 g/mol. The first-order valence-electron chi connectivity index (χ1n) is 15.2. The molecule has 0 saturated carbocycles. The molecule has 0 aliphatic carbocycles. The Morgan fingerprint density at radius 3 is 1.87 bits per heavy atom. The van der Waals surface area contributed by atoms with Crippen molar-refractivity contribution in [3.63, 3.8) is 0 Å². The van der Waals surface area contributed by atoms with E-state index in [1.807, 2.05) is 35.6 Å². The lowest BCUT2D eigenvalue weighted by Crippen LogP contribution is -2.25. The SMILES string of the molecule is Cc1cc2c(s1)CCN=C2c1ccc(C(C)(C)C)cc1.Cc1ccc(CCNC(=O)c2ccc(C(C)(C)C)cc2)s1.O=P(Cl)(Cl)Cl. The highest BCUT2D eigenvalue weighted by Gasteiger charge is 2.20. The largest absolute Gasteiger partial charge is 0.352 e. The van der Waals surface area contributed by atoms with Gasteiger partial charge in [0.05, 0.1) is 5.71 Å². The molecule has 0 fully saturated rings. The number of thiophene rings is 2. The fraction of sp³-hybridized carbons (Fsp3) is 0.389. The first-order valence-corrected chi connectivity index (χ1v) is 21.2. The van der Waals surface area contributed by atoms with E-state index in [9.17, 15) is 9.36 Å². The molecule has 1 aliphatic heterocycles. The molecule has 2 aromatic carbocycles. The van der Waals surface area contributed by atoms with Crippen LogP contribution in [0.5, 0.6) is 0 Å². The summed E-state index contributed by atoms with van der Waals surface area (Å²) in [5.41, 5.74) is 7.44. The zero-order valence-electron chi connectivity index (χ0n) is 27.8. The van der Waals surface area contributed by atoms with Crippen LogP contribution in [0.4, 0.5) is 0 Å². The molecule has 1 aliphatic rings. The first-order chi connectivity index (χ1) is 21.3. The van der Waals surface area contributed by atoms with E-state index in [2.05, 4.69) is 137 Å². The van der Waals surface area contributed by atoms with Gasteiger partial charge in [-0.2, -0.15) is 0 Å². The van der Waals surface area contributed by atoms with Crippen molar-refractivity contribution >= 4 is 73.2 Å². The summed E-state index contributed by atoms with van der Waals surface area (Å²) in [5.74, 6) is 0.00346. The highest BCUT2D eigenvalue weighted by molar-refractivity contribution is 8.24. The minimum atomic E-state index is -3.22. The monoisotopic (exact) mass is 736 g/mol. The number of hydrogen-bond donors (Lipinski definition) is 1. The van der Waals surface area contributed by atoms with Gasteiger partial charge in [-0.05, 0) is 106 Å². The highest BCUT2D eigenvalue weighted by Crippen LogP contribution is 2.61. The molecule has 10 heteroatoms. The quantitative estimate of drug-likeness (QED) is 0.207. The molecular weight excluding hydrogens is 694 g/mol. The van der Waals surface area contributed by atoms with Crippen LogP contribution in [-0.4, -0.2) is 24.7 Å². The summed E-state index contributed by atoms with van der Waals surface area (Å²) in [6.07, 6.45) is 1.99. The average Bonchev–Trinajstić information content (AvgIpc) is 3.55. The molecule has 0 unspecified atom stereocenters. The van der Waals surface area contributed by atoms with Crippen LogP contribution < -0.4 is 5.32 Å². The number of halogens is 3. The summed E-state index contributed by atoms with van der Waals surface area (Å²) < 4.78 is 9.51. The Kier molecular flexibility index (Phi) is 13.8. The van der Waals surface area contributed by atoms with Gasteiger partial charge in [0, 0.05) is 55.7 Å². The summed E-state index contributed by atoms with van der Waals surface area (Å²) in [6.45, 7) is 19.2.